The van der Waals surface area contributed by atoms with Crippen molar-refractivity contribution in [1.82, 2.24) is 0 Å². The van der Waals surface area contributed by atoms with Crippen LogP contribution in [0.15, 0.2) is 47.4 Å². The van der Waals surface area contributed by atoms with Crippen LogP contribution in [-0.2, 0) is 9.84 Å². The third-order valence-electron chi connectivity index (χ3n) is 4.79. The van der Waals surface area contributed by atoms with Crippen molar-refractivity contribution in [2.45, 2.75) is 24.2 Å². The zero-order valence-electron chi connectivity index (χ0n) is 15.4. The first-order valence-corrected chi connectivity index (χ1v) is 10.6. The molecule has 0 fully saturated rings. The van der Waals surface area contributed by atoms with Crippen LogP contribution in [0.3, 0.4) is 0 Å². The van der Waals surface area contributed by atoms with Crippen molar-refractivity contribution in [3.05, 3.63) is 48.0 Å². The molecular formula is C20H25NO4S. The van der Waals surface area contributed by atoms with E-state index in [4.69, 9.17) is 9.47 Å². The predicted molar refractivity (Wildman–Crippen MR) is 103 cm³/mol. The van der Waals surface area contributed by atoms with Crippen LogP contribution in [0.1, 0.15) is 24.8 Å². The molecule has 1 atom stereocenters. The van der Waals surface area contributed by atoms with Crippen LogP contribution < -0.4 is 14.4 Å². The molecular weight excluding hydrogens is 350 g/mol. The number of hydrogen-bond acceptors (Lipinski definition) is 5. The molecule has 0 aliphatic carbocycles. The van der Waals surface area contributed by atoms with E-state index in [0.29, 0.717) is 24.8 Å². The van der Waals surface area contributed by atoms with Gasteiger partial charge in [-0.15, -0.1) is 0 Å². The van der Waals surface area contributed by atoms with Gasteiger partial charge in [0.05, 0.1) is 24.2 Å². The smallest absolute Gasteiger partial charge is 0.175 e. The molecule has 3 rings (SSSR count). The maximum absolute atomic E-state index is 11.7. The Kier molecular flexibility index (Phi) is 5.41. The summed E-state index contributed by atoms with van der Waals surface area (Å²) in [4.78, 5) is 2.56. The van der Waals surface area contributed by atoms with Crippen LogP contribution in [0.4, 0.5) is 5.69 Å². The highest BCUT2D eigenvalue weighted by Gasteiger charge is 2.25. The van der Waals surface area contributed by atoms with E-state index in [1.165, 1.54) is 11.8 Å². The molecule has 0 amide bonds. The van der Waals surface area contributed by atoms with Gasteiger partial charge in [0.1, 0.15) is 18.1 Å². The molecule has 0 aromatic heterocycles. The van der Waals surface area contributed by atoms with Gasteiger partial charge in [-0.1, -0.05) is 25.1 Å². The highest BCUT2D eigenvalue weighted by molar-refractivity contribution is 7.90. The molecule has 1 aliphatic heterocycles. The molecule has 0 N–H and O–H groups in total. The molecule has 5 nitrogen and oxygen atoms in total. The molecule has 2 aromatic carbocycles. The first-order chi connectivity index (χ1) is 12.4. The average molecular weight is 375 g/mol. The van der Waals surface area contributed by atoms with E-state index in [1.807, 2.05) is 12.1 Å². The second-order valence-electron chi connectivity index (χ2n) is 6.67. The number of anilines is 1. The number of benzene rings is 2. The fourth-order valence-electron chi connectivity index (χ4n) is 3.35. The van der Waals surface area contributed by atoms with Gasteiger partial charge in [-0.05, 0) is 42.2 Å². The molecule has 0 saturated heterocycles. The Morgan fingerprint density at radius 2 is 1.96 bits per heavy atom. The number of rotatable bonds is 6. The minimum Gasteiger partial charge on any atom is -0.495 e. The molecule has 0 spiro atoms. The monoisotopic (exact) mass is 375 g/mol. The minimum atomic E-state index is -3.23. The van der Waals surface area contributed by atoms with Gasteiger partial charge in [0.15, 0.2) is 9.84 Å². The van der Waals surface area contributed by atoms with Gasteiger partial charge in [-0.3, -0.25) is 0 Å². The van der Waals surface area contributed by atoms with Crippen LogP contribution in [0.5, 0.6) is 11.5 Å². The number of nitrogens with zero attached hydrogens (tertiary/aromatic N) is 1. The lowest BCUT2D eigenvalue weighted by molar-refractivity contribution is 0.320. The topological polar surface area (TPSA) is 55.8 Å². The number of methoxy groups -OCH3 is 1. The Hall–Kier alpha value is -2.21. The van der Waals surface area contributed by atoms with E-state index >= 15 is 0 Å². The highest BCUT2D eigenvalue weighted by atomic mass is 32.2. The summed E-state index contributed by atoms with van der Waals surface area (Å²) < 4.78 is 34.7. The van der Waals surface area contributed by atoms with Crippen molar-refractivity contribution in [2.75, 3.05) is 38.0 Å². The van der Waals surface area contributed by atoms with Crippen molar-refractivity contribution in [3.8, 4) is 11.5 Å². The summed E-state index contributed by atoms with van der Waals surface area (Å²) in [6.45, 7) is 4.37. The number of hydrogen-bond donors (Lipinski definition) is 0. The summed E-state index contributed by atoms with van der Waals surface area (Å²) in [6, 6.07) is 12.8. The molecule has 1 aliphatic rings. The average Bonchev–Trinajstić information content (AvgIpc) is 2.63. The van der Waals surface area contributed by atoms with Gasteiger partial charge in [-0.25, -0.2) is 8.42 Å². The van der Waals surface area contributed by atoms with E-state index in [2.05, 4.69) is 17.9 Å². The first kappa shape index (κ1) is 18.6. The SMILES string of the molecule is COc1cccc2c1N(CCOc1cccc(S(C)(=O)=O)c1)CCC2C. The third-order valence-corrected chi connectivity index (χ3v) is 5.90. The van der Waals surface area contributed by atoms with E-state index in [1.54, 1.807) is 31.4 Å². The maximum Gasteiger partial charge on any atom is 0.175 e. The zero-order chi connectivity index (χ0) is 18.7. The lowest BCUT2D eigenvalue weighted by atomic mass is 9.91. The largest absolute Gasteiger partial charge is 0.495 e. The van der Waals surface area contributed by atoms with Crippen LogP contribution in [0, 0.1) is 0 Å². The molecule has 0 saturated carbocycles. The summed E-state index contributed by atoms with van der Waals surface area (Å²) in [6.07, 6.45) is 2.29. The van der Waals surface area contributed by atoms with Crippen molar-refractivity contribution in [1.29, 1.82) is 0 Å². The Morgan fingerprint density at radius 3 is 2.69 bits per heavy atom. The summed E-state index contributed by atoms with van der Waals surface area (Å²) in [5.74, 6) is 1.95. The Morgan fingerprint density at radius 1 is 1.19 bits per heavy atom. The van der Waals surface area contributed by atoms with Crippen molar-refractivity contribution in [2.24, 2.45) is 0 Å². The van der Waals surface area contributed by atoms with Gasteiger partial charge in [0, 0.05) is 12.8 Å². The van der Waals surface area contributed by atoms with E-state index in [0.717, 1.165) is 24.4 Å². The van der Waals surface area contributed by atoms with E-state index < -0.39 is 9.84 Å². The lowest BCUT2D eigenvalue weighted by Crippen LogP contribution is -2.34. The molecule has 0 bridgehead atoms. The van der Waals surface area contributed by atoms with Gasteiger partial charge in [-0.2, -0.15) is 0 Å². The van der Waals surface area contributed by atoms with E-state index in [-0.39, 0.29) is 4.90 Å². The lowest BCUT2D eigenvalue weighted by Gasteiger charge is -2.35. The second kappa shape index (κ2) is 7.58. The molecule has 0 radical (unpaired) electrons. The Balaban J connectivity index is 1.71. The Bertz CT molecular complexity index is 879. The number of para-hydroxylation sites is 1. The fraction of sp³-hybridized carbons (Fsp3) is 0.400. The number of fused-ring (bicyclic) bond motifs is 1. The normalized spacial score (nSPS) is 16.9. The quantitative estimate of drug-likeness (QED) is 0.774. The number of sulfone groups is 1. The zero-order valence-corrected chi connectivity index (χ0v) is 16.3. The predicted octanol–water partition coefficient (Wildman–Crippen LogP) is 3.49. The summed E-state index contributed by atoms with van der Waals surface area (Å²) in [7, 11) is -1.54. The van der Waals surface area contributed by atoms with Crippen molar-refractivity contribution >= 4 is 15.5 Å². The highest BCUT2D eigenvalue weighted by Crippen LogP contribution is 2.41. The van der Waals surface area contributed by atoms with E-state index in [9.17, 15) is 8.42 Å². The fourth-order valence-corrected chi connectivity index (χ4v) is 4.00. The van der Waals surface area contributed by atoms with Crippen LogP contribution >= 0.6 is 0 Å². The third kappa shape index (κ3) is 3.96. The molecule has 1 unspecified atom stereocenters. The first-order valence-electron chi connectivity index (χ1n) is 8.75. The van der Waals surface area contributed by atoms with Gasteiger partial charge in [0.25, 0.3) is 0 Å². The minimum absolute atomic E-state index is 0.272. The van der Waals surface area contributed by atoms with Gasteiger partial charge in [0.2, 0.25) is 0 Å². The van der Waals surface area contributed by atoms with Crippen LogP contribution in [-0.4, -0.2) is 41.5 Å². The number of ether oxygens (including phenoxy) is 2. The van der Waals surface area contributed by atoms with Gasteiger partial charge >= 0.3 is 0 Å². The molecule has 2 aromatic rings. The van der Waals surface area contributed by atoms with Gasteiger partial charge < -0.3 is 14.4 Å². The molecule has 26 heavy (non-hydrogen) atoms. The maximum atomic E-state index is 11.7. The van der Waals surface area contributed by atoms with Crippen LogP contribution in [0.2, 0.25) is 0 Å². The molecule has 6 heteroatoms. The summed E-state index contributed by atoms with van der Waals surface area (Å²) in [5.41, 5.74) is 2.44. The Labute approximate surface area is 155 Å². The van der Waals surface area contributed by atoms with Crippen molar-refractivity contribution in [3.63, 3.8) is 0 Å². The molecule has 1 heterocycles. The molecule has 140 valence electrons. The van der Waals surface area contributed by atoms with Crippen molar-refractivity contribution < 1.29 is 17.9 Å². The second-order valence-corrected chi connectivity index (χ2v) is 8.69. The van der Waals surface area contributed by atoms with Crippen LogP contribution in [0.25, 0.3) is 0 Å². The summed E-state index contributed by atoms with van der Waals surface area (Å²) in [5, 5.41) is 0. The summed E-state index contributed by atoms with van der Waals surface area (Å²) >= 11 is 0. The standard InChI is InChI=1S/C20H25NO4S/c1-15-10-11-21(20-18(15)8-5-9-19(20)24-2)12-13-25-16-6-4-7-17(14-16)26(3,22)23/h4-9,14-15H,10-13H2,1-3H3.